The van der Waals surface area contributed by atoms with Crippen LogP contribution in [-0.4, -0.2) is 18.5 Å². The smallest absolute Gasteiger partial charge is 0.280 e. The third-order valence-corrected chi connectivity index (χ3v) is 7.06. The number of thiazole rings is 1. The van der Waals surface area contributed by atoms with Crippen LogP contribution >= 0.6 is 23.1 Å². The van der Waals surface area contributed by atoms with Crippen molar-refractivity contribution >= 4 is 38.3 Å². The Hall–Kier alpha value is -2.00. The van der Waals surface area contributed by atoms with Crippen molar-refractivity contribution in [3.8, 4) is 0 Å². The first kappa shape index (κ1) is 18.8. The maximum atomic E-state index is 13.3. The Balaban J connectivity index is 1.91. The zero-order chi connectivity index (χ0) is 18.9. The lowest BCUT2D eigenvalue weighted by atomic mass is 10.1. The molecule has 0 amide bonds. The lowest BCUT2D eigenvalue weighted by Crippen LogP contribution is -2.22. The van der Waals surface area contributed by atoms with E-state index in [0.717, 1.165) is 11.3 Å². The van der Waals surface area contributed by atoms with Crippen LogP contribution in [0.25, 0.3) is 0 Å². The number of hydrogen-bond acceptors (Lipinski definition) is 5. The highest BCUT2D eigenvalue weighted by molar-refractivity contribution is 7.94. The lowest BCUT2D eigenvalue weighted by Gasteiger charge is -2.14. The Morgan fingerprint density at radius 2 is 1.96 bits per heavy atom. The van der Waals surface area contributed by atoms with Gasteiger partial charge in [0.25, 0.3) is 10.0 Å². The van der Waals surface area contributed by atoms with Crippen LogP contribution in [0.2, 0.25) is 0 Å². The quantitative estimate of drug-likeness (QED) is 0.642. The predicted octanol–water partition coefficient (Wildman–Crippen LogP) is 4.02. The van der Waals surface area contributed by atoms with E-state index in [0.29, 0.717) is 15.0 Å². The Labute approximate surface area is 159 Å². The normalized spacial score (nSPS) is 12.8. The lowest BCUT2D eigenvalue weighted by molar-refractivity contribution is 0.215. The Morgan fingerprint density at radius 3 is 2.65 bits per heavy atom. The van der Waals surface area contributed by atoms with Crippen LogP contribution in [0.3, 0.4) is 0 Å². The van der Waals surface area contributed by atoms with Gasteiger partial charge in [0.2, 0.25) is 5.13 Å². The molecule has 5 nitrogen and oxygen atoms in total. The third kappa shape index (κ3) is 3.59. The molecule has 0 aliphatic rings. The molecule has 0 fully saturated rings. The highest BCUT2D eigenvalue weighted by Crippen LogP contribution is 2.33. The van der Waals surface area contributed by atoms with E-state index in [9.17, 15) is 17.9 Å². The highest BCUT2D eigenvalue weighted by atomic mass is 35.5. The predicted molar refractivity (Wildman–Crippen MR) is 99.3 cm³/mol. The summed E-state index contributed by atoms with van der Waals surface area (Å²) >= 11 is 7.01. The van der Waals surface area contributed by atoms with Gasteiger partial charge < -0.3 is 5.11 Å². The third-order valence-electron chi connectivity index (χ3n) is 3.69. The van der Waals surface area contributed by atoms with Crippen molar-refractivity contribution in [3.05, 3.63) is 76.5 Å². The molecule has 1 N–H and O–H groups in total. The van der Waals surface area contributed by atoms with Crippen molar-refractivity contribution in [2.45, 2.75) is 17.9 Å². The van der Waals surface area contributed by atoms with Crippen LogP contribution in [0.4, 0.5) is 9.52 Å². The number of nitrogens with zero attached hydrogens (tertiary/aromatic N) is 2. The molecule has 0 bridgehead atoms. The summed E-state index contributed by atoms with van der Waals surface area (Å²) in [7, 11) is -4.00. The van der Waals surface area contributed by atoms with E-state index in [1.54, 1.807) is 31.2 Å². The average molecular weight is 413 g/mol. The number of hydrogen-bond donors (Lipinski definition) is 1. The van der Waals surface area contributed by atoms with E-state index in [1.165, 1.54) is 29.6 Å². The van der Waals surface area contributed by atoms with Gasteiger partial charge in [-0.2, -0.15) is 8.42 Å². The van der Waals surface area contributed by atoms with Crippen molar-refractivity contribution in [2.24, 2.45) is 0 Å². The Kier molecular flexibility index (Phi) is 5.29. The number of benzene rings is 2. The molecule has 0 saturated carbocycles. The molecule has 0 aliphatic heterocycles. The zero-order valence-corrected chi connectivity index (χ0v) is 15.9. The fourth-order valence-electron chi connectivity index (χ4n) is 2.37. The Morgan fingerprint density at radius 1 is 1.23 bits per heavy atom. The molecule has 0 radical (unpaired) electrons. The highest BCUT2D eigenvalue weighted by Gasteiger charge is 2.28. The van der Waals surface area contributed by atoms with Gasteiger partial charge in [-0.1, -0.05) is 30.3 Å². The van der Waals surface area contributed by atoms with Crippen LogP contribution < -0.4 is 3.82 Å². The van der Waals surface area contributed by atoms with Gasteiger partial charge in [0, 0.05) is 17.2 Å². The first-order valence-electron chi connectivity index (χ1n) is 7.46. The number of rotatable bonds is 5. The topological polar surface area (TPSA) is 70.5 Å². The maximum Gasteiger partial charge on any atom is 0.280 e. The van der Waals surface area contributed by atoms with Gasteiger partial charge in [-0.05, 0) is 36.2 Å². The number of sulfonamides is 1. The molecule has 1 heterocycles. The molecule has 2 aromatic carbocycles. The van der Waals surface area contributed by atoms with E-state index in [-0.39, 0.29) is 15.7 Å². The second-order valence-corrected chi connectivity index (χ2v) is 8.63. The summed E-state index contributed by atoms with van der Waals surface area (Å²) in [5, 5.41) is 11.8. The number of aliphatic hydroxyl groups is 1. The standard InChI is InChI=1S/C17H14ClFN2O3S2/c1-11-5-2-3-8-15(11)26(23,24)21(18)17-20-14(10-25-17)16(22)12-6-4-7-13(19)9-12/h2-10,16,22H,1H3. The van der Waals surface area contributed by atoms with E-state index in [2.05, 4.69) is 4.98 Å². The van der Waals surface area contributed by atoms with E-state index < -0.39 is 21.9 Å². The average Bonchev–Trinajstić information content (AvgIpc) is 3.10. The summed E-state index contributed by atoms with van der Waals surface area (Å²) in [5.41, 5.74) is 1.04. The number of aryl methyl sites for hydroxylation is 1. The summed E-state index contributed by atoms with van der Waals surface area (Å²) in [6.07, 6.45) is -1.19. The summed E-state index contributed by atoms with van der Waals surface area (Å²) in [5.74, 6) is -0.488. The van der Waals surface area contributed by atoms with Crippen molar-refractivity contribution in [3.63, 3.8) is 0 Å². The molecular formula is C17H14ClFN2O3S2. The van der Waals surface area contributed by atoms with Gasteiger partial charge >= 0.3 is 0 Å². The SMILES string of the molecule is Cc1ccccc1S(=O)(=O)N(Cl)c1nc(C(O)c2cccc(F)c2)cs1. The van der Waals surface area contributed by atoms with Crippen molar-refractivity contribution < 1.29 is 17.9 Å². The van der Waals surface area contributed by atoms with Crippen molar-refractivity contribution in [1.29, 1.82) is 0 Å². The van der Waals surface area contributed by atoms with Gasteiger partial charge in [-0.25, -0.2) is 9.37 Å². The first-order valence-corrected chi connectivity index (χ1v) is 10.1. The molecular weight excluding hydrogens is 399 g/mol. The summed E-state index contributed by atoms with van der Waals surface area (Å²) in [4.78, 5) is 4.17. The minimum atomic E-state index is -4.00. The molecule has 3 rings (SSSR count). The van der Waals surface area contributed by atoms with E-state index >= 15 is 0 Å². The maximum absolute atomic E-state index is 13.3. The van der Waals surface area contributed by atoms with Crippen LogP contribution in [0.15, 0.2) is 58.8 Å². The minimum absolute atomic E-state index is 0.0135. The molecule has 0 saturated heterocycles. The van der Waals surface area contributed by atoms with Crippen molar-refractivity contribution in [1.82, 2.24) is 4.98 Å². The van der Waals surface area contributed by atoms with Crippen LogP contribution in [0, 0.1) is 12.7 Å². The van der Waals surface area contributed by atoms with E-state index in [4.69, 9.17) is 11.8 Å². The van der Waals surface area contributed by atoms with E-state index in [1.807, 2.05) is 0 Å². The Bertz CT molecular complexity index is 1040. The van der Waals surface area contributed by atoms with Crippen LogP contribution in [-0.2, 0) is 10.0 Å². The molecule has 9 heteroatoms. The van der Waals surface area contributed by atoms with Crippen LogP contribution in [0.5, 0.6) is 0 Å². The van der Waals surface area contributed by atoms with Crippen molar-refractivity contribution in [2.75, 3.05) is 3.82 Å². The second-order valence-electron chi connectivity index (χ2n) is 5.50. The number of anilines is 1. The fraction of sp³-hybridized carbons (Fsp3) is 0.118. The molecule has 1 atom stereocenters. The minimum Gasteiger partial charge on any atom is -0.382 e. The number of aromatic nitrogens is 1. The molecule has 1 unspecified atom stereocenters. The van der Waals surface area contributed by atoms with Crippen LogP contribution in [0.1, 0.15) is 22.9 Å². The first-order chi connectivity index (χ1) is 12.3. The molecule has 136 valence electrons. The molecule has 0 aliphatic carbocycles. The molecule has 3 aromatic rings. The fourth-order valence-corrected chi connectivity index (χ4v) is 4.96. The number of aliphatic hydroxyl groups excluding tert-OH is 1. The van der Waals surface area contributed by atoms with Gasteiger partial charge in [0.1, 0.15) is 11.9 Å². The molecule has 1 aromatic heterocycles. The van der Waals surface area contributed by atoms with Gasteiger partial charge in [0.05, 0.1) is 10.6 Å². The molecule has 26 heavy (non-hydrogen) atoms. The second kappa shape index (κ2) is 7.32. The van der Waals surface area contributed by atoms with Gasteiger partial charge in [-0.15, -0.1) is 15.2 Å². The summed E-state index contributed by atoms with van der Waals surface area (Å²) in [6.45, 7) is 1.67. The van der Waals surface area contributed by atoms with Gasteiger partial charge in [0.15, 0.2) is 0 Å². The largest absolute Gasteiger partial charge is 0.382 e. The number of halogens is 2. The summed E-state index contributed by atoms with van der Waals surface area (Å²) < 4.78 is 39.3. The zero-order valence-electron chi connectivity index (χ0n) is 13.5. The van der Waals surface area contributed by atoms with Gasteiger partial charge in [-0.3, -0.25) is 0 Å². The monoisotopic (exact) mass is 412 g/mol. The molecule has 0 spiro atoms. The summed E-state index contributed by atoms with van der Waals surface area (Å²) in [6, 6.07) is 11.9.